The summed E-state index contributed by atoms with van der Waals surface area (Å²) in [6.45, 7) is 5.26. The molecule has 1 aliphatic heterocycles. The molecule has 5 rings (SSSR count). The number of aromatic nitrogens is 3. The van der Waals surface area contributed by atoms with E-state index in [2.05, 4.69) is 10.2 Å². The average Bonchev–Trinajstić information content (AvgIpc) is 3.84. The lowest BCUT2D eigenvalue weighted by Gasteiger charge is -2.32. The first-order valence-corrected chi connectivity index (χ1v) is 14.7. The van der Waals surface area contributed by atoms with Crippen LogP contribution in [0.15, 0.2) is 35.3 Å². The first kappa shape index (κ1) is 30.8. The van der Waals surface area contributed by atoms with E-state index in [0.717, 1.165) is 66.7 Å². The van der Waals surface area contributed by atoms with E-state index in [9.17, 15) is 14.4 Å². The van der Waals surface area contributed by atoms with Gasteiger partial charge in [0.2, 0.25) is 11.9 Å². The molecule has 1 saturated carbocycles. The van der Waals surface area contributed by atoms with E-state index in [1.165, 1.54) is 9.47 Å². The summed E-state index contributed by atoms with van der Waals surface area (Å²) in [6, 6.07) is 7.44. The number of piperidine rings is 1. The smallest absolute Gasteiger partial charge is 0.293 e. The number of carbonyl (C=O) groups is 2. The van der Waals surface area contributed by atoms with Gasteiger partial charge in [0, 0.05) is 78.5 Å². The molecule has 1 aliphatic carbocycles. The number of fused-ring (bicyclic) bond motifs is 1. The van der Waals surface area contributed by atoms with E-state index >= 15 is 0 Å². The lowest BCUT2D eigenvalue weighted by molar-refractivity contribution is -0.133. The van der Waals surface area contributed by atoms with Crippen molar-refractivity contribution in [3.8, 4) is 5.75 Å². The summed E-state index contributed by atoms with van der Waals surface area (Å²) in [7, 11) is 8.59. The van der Waals surface area contributed by atoms with Crippen molar-refractivity contribution in [1.29, 1.82) is 0 Å². The van der Waals surface area contributed by atoms with Gasteiger partial charge in [-0.15, -0.1) is 0 Å². The van der Waals surface area contributed by atoms with Crippen molar-refractivity contribution < 1.29 is 15.8 Å². The van der Waals surface area contributed by atoms with Crippen LogP contribution in [0.2, 0.25) is 0 Å². The van der Waals surface area contributed by atoms with E-state index in [1.54, 1.807) is 46.2 Å². The van der Waals surface area contributed by atoms with Gasteiger partial charge in [0.1, 0.15) is 5.82 Å². The number of aryl methyl sites for hydroxylation is 1. The Labute approximate surface area is 249 Å². The minimum absolute atomic E-state index is 0. The van der Waals surface area contributed by atoms with Crippen LogP contribution in [-0.2, 0) is 16.6 Å². The van der Waals surface area contributed by atoms with Gasteiger partial charge in [-0.3, -0.25) is 14.4 Å². The highest BCUT2D eigenvalue weighted by atomic mass is 16.5. The van der Waals surface area contributed by atoms with Gasteiger partial charge in [0.25, 0.3) is 11.5 Å². The Morgan fingerprint density at radius 1 is 1.05 bits per heavy atom. The van der Waals surface area contributed by atoms with Crippen molar-refractivity contribution in [2.45, 2.75) is 45.4 Å². The molecule has 0 unspecified atom stereocenters. The molecule has 1 N–H and O–H groups in total. The number of nitrogens with one attached hydrogen (secondary N) is 1. The van der Waals surface area contributed by atoms with E-state index < -0.39 is 0 Å². The predicted octanol–water partition coefficient (Wildman–Crippen LogP) is 3.99. The molecule has 2 amide bonds. The monoisotopic (exact) mass is 579 g/mol. The van der Waals surface area contributed by atoms with E-state index in [4.69, 9.17) is 14.7 Å². The molecule has 11 nitrogen and oxygen atoms in total. The Morgan fingerprint density at radius 3 is 2.36 bits per heavy atom. The molecule has 11 heteroatoms. The average molecular weight is 580 g/mol. The topological polar surface area (TPSA) is 113 Å². The number of hydrogen-bond donors (Lipinski definition) is 1. The Morgan fingerprint density at radius 2 is 1.74 bits per heavy atom. The third-order valence-electron chi connectivity index (χ3n) is 7.69. The minimum Gasteiger partial charge on any atom is -0.478 e. The van der Waals surface area contributed by atoms with Crippen molar-refractivity contribution in [1.82, 2.24) is 24.3 Å². The van der Waals surface area contributed by atoms with E-state index in [1.807, 2.05) is 38.2 Å². The molecule has 228 valence electrons. The molecular weight excluding hydrogens is 534 g/mol. The Bertz CT molecular complexity index is 1500. The quantitative estimate of drug-likeness (QED) is 0.426. The number of carbonyl (C=O) groups excluding carboxylic acids is 2. The molecule has 2 fully saturated rings. The summed E-state index contributed by atoms with van der Waals surface area (Å²) >= 11 is 0. The molecule has 3 heterocycles. The van der Waals surface area contributed by atoms with Gasteiger partial charge in [-0.2, -0.15) is 4.98 Å². The zero-order valence-corrected chi connectivity index (χ0v) is 25.8. The van der Waals surface area contributed by atoms with Gasteiger partial charge in [0.05, 0.1) is 5.52 Å². The van der Waals surface area contributed by atoms with Crippen LogP contribution in [0.4, 0.5) is 17.5 Å². The van der Waals surface area contributed by atoms with Crippen molar-refractivity contribution in [3.05, 3.63) is 46.4 Å². The third-order valence-corrected chi connectivity index (χ3v) is 7.69. The molecule has 2 aliphatic rings. The van der Waals surface area contributed by atoms with Gasteiger partial charge >= 0.3 is 0 Å². The van der Waals surface area contributed by atoms with Gasteiger partial charge in [-0.05, 0) is 55.9 Å². The van der Waals surface area contributed by atoms with Gasteiger partial charge in [0.15, 0.2) is 12.4 Å². The molecule has 0 atom stereocenters. The van der Waals surface area contributed by atoms with Crippen LogP contribution in [0.5, 0.6) is 5.75 Å². The molecule has 0 radical (unpaired) electrons. The zero-order chi connectivity index (χ0) is 30.6. The van der Waals surface area contributed by atoms with Crippen LogP contribution < -0.4 is 20.5 Å². The fourth-order valence-corrected chi connectivity index (χ4v) is 5.06. The maximum Gasteiger partial charge on any atom is 0.293 e. The predicted molar refractivity (Wildman–Crippen MR) is 168 cm³/mol. The molecule has 1 saturated heterocycles. The lowest BCUT2D eigenvalue weighted by atomic mass is 9.96. The second kappa shape index (κ2) is 13.2. The summed E-state index contributed by atoms with van der Waals surface area (Å²) < 4.78 is 7.11. The zero-order valence-electron chi connectivity index (χ0n) is 25.8. The fourth-order valence-electron chi connectivity index (χ4n) is 5.06. The number of hydrogen-bond acceptors (Lipinski definition) is 8. The highest BCUT2D eigenvalue weighted by Crippen LogP contribution is 2.43. The summed E-state index contributed by atoms with van der Waals surface area (Å²) in [5.74, 6) is 2.00. The second-order valence-electron chi connectivity index (χ2n) is 11.1. The summed E-state index contributed by atoms with van der Waals surface area (Å²) in [4.78, 5) is 52.1. The molecule has 42 heavy (non-hydrogen) atoms. The fraction of sp³-hybridized carbons (Fsp3) is 0.516. The molecule has 0 spiro atoms. The summed E-state index contributed by atoms with van der Waals surface area (Å²) in [5, 5.41) is 4.30. The summed E-state index contributed by atoms with van der Waals surface area (Å²) in [5.41, 5.74) is 2.37. The van der Waals surface area contributed by atoms with Crippen LogP contribution in [-0.4, -0.2) is 84.0 Å². The van der Waals surface area contributed by atoms with Crippen LogP contribution in [0.1, 0.15) is 52.4 Å². The van der Waals surface area contributed by atoms with Gasteiger partial charge < -0.3 is 29.3 Å². The van der Waals surface area contributed by atoms with Crippen LogP contribution in [0.3, 0.4) is 0 Å². The number of nitrogens with zero attached hydrogens (tertiary/aromatic N) is 6. The SMILES string of the molecule is CC.CN(C)C(=O)COc1cc2cc(Nc3nc(N4CCC(C(=O)N(C)C)CC4)ncc3C3CC3)ccc2n(C)c1=O.[HH]. The number of pyridine rings is 1. The Balaban J connectivity index is 0.00000165. The Hall–Kier alpha value is -4.15. The van der Waals surface area contributed by atoms with Crippen molar-refractivity contribution in [2.24, 2.45) is 13.0 Å². The number of amides is 2. The first-order chi connectivity index (χ1) is 20.1. The third kappa shape index (κ3) is 6.83. The van der Waals surface area contributed by atoms with Gasteiger partial charge in [-0.1, -0.05) is 13.8 Å². The van der Waals surface area contributed by atoms with Crippen molar-refractivity contribution in [2.75, 3.05) is 58.1 Å². The number of benzene rings is 1. The summed E-state index contributed by atoms with van der Waals surface area (Å²) in [6.07, 6.45) is 5.71. The van der Waals surface area contributed by atoms with Gasteiger partial charge in [-0.25, -0.2) is 4.98 Å². The maximum atomic E-state index is 12.8. The number of rotatable bonds is 8. The standard InChI is InChI=1S/C29H37N7O4.C2H6.H2/c1-33(2)25(37)17-40-24-15-20-14-21(8-9-23(20)35(5)28(24)39)31-26-22(18-6-7-18)16-30-29(32-26)36-12-10-19(11-13-36)27(38)34(3)4;1-2;/h8-9,14-16,18-19H,6-7,10-13,17H2,1-5H3,(H,30,31,32);1-2H3;1H. The minimum atomic E-state index is -0.299. The first-order valence-electron chi connectivity index (χ1n) is 14.7. The maximum absolute atomic E-state index is 12.8. The van der Waals surface area contributed by atoms with Crippen LogP contribution in [0, 0.1) is 5.92 Å². The Kier molecular flexibility index (Phi) is 9.70. The number of anilines is 3. The highest BCUT2D eigenvalue weighted by molar-refractivity contribution is 5.85. The van der Waals surface area contributed by atoms with Crippen molar-refractivity contribution in [3.63, 3.8) is 0 Å². The molecular formula is C31H45N7O4. The number of likely N-dealkylation sites (N-methyl/N-ethyl adjacent to an activating group) is 1. The van der Waals surface area contributed by atoms with Crippen molar-refractivity contribution >= 4 is 40.2 Å². The second-order valence-corrected chi connectivity index (χ2v) is 11.1. The number of ether oxygens (including phenoxy) is 1. The van der Waals surface area contributed by atoms with Crippen LogP contribution in [0.25, 0.3) is 10.9 Å². The largest absolute Gasteiger partial charge is 0.478 e. The molecule has 0 bridgehead atoms. The highest BCUT2D eigenvalue weighted by Gasteiger charge is 2.30. The van der Waals surface area contributed by atoms with Crippen LogP contribution >= 0.6 is 0 Å². The normalized spacial score (nSPS) is 15.1. The molecule has 2 aromatic heterocycles. The lowest BCUT2D eigenvalue weighted by Crippen LogP contribution is -2.40. The van der Waals surface area contributed by atoms with E-state index in [-0.39, 0.29) is 37.1 Å². The van der Waals surface area contributed by atoms with E-state index in [0.29, 0.717) is 11.9 Å². The molecule has 3 aromatic rings. The molecule has 1 aromatic carbocycles.